The molecule has 2 aliphatic rings. The van der Waals surface area contributed by atoms with E-state index < -0.39 is 6.10 Å². The average Bonchev–Trinajstić information content (AvgIpc) is 3.12. The van der Waals surface area contributed by atoms with Crippen molar-refractivity contribution in [1.29, 1.82) is 0 Å². The molecule has 0 radical (unpaired) electrons. The topological polar surface area (TPSA) is 38.3 Å². The summed E-state index contributed by atoms with van der Waals surface area (Å²) in [5.41, 5.74) is 0. The fourth-order valence-corrected chi connectivity index (χ4v) is 4.25. The van der Waals surface area contributed by atoms with Crippen LogP contribution < -0.4 is 10.1 Å². The highest BCUT2D eigenvalue weighted by Crippen LogP contribution is 2.49. The van der Waals surface area contributed by atoms with E-state index in [-0.39, 0.29) is 11.9 Å². The van der Waals surface area contributed by atoms with Crippen molar-refractivity contribution < 1.29 is 9.53 Å². The van der Waals surface area contributed by atoms with Crippen molar-refractivity contribution >= 4 is 17.5 Å². The second kappa shape index (κ2) is 6.49. The Bertz CT molecular complexity index is 530. The number of ether oxygens (including phenoxy) is 1. The molecular formula is C18H24ClNO2. The number of hydrogen-bond acceptors (Lipinski definition) is 2. The van der Waals surface area contributed by atoms with E-state index in [4.69, 9.17) is 16.3 Å². The lowest BCUT2D eigenvalue weighted by molar-refractivity contribution is -0.128. The molecule has 0 aliphatic heterocycles. The first-order valence-electron chi connectivity index (χ1n) is 8.25. The molecule has 1 amide bonds. The number of nitrogens with one attached hydrogen (secondary N) is 1. The molecule has 3 nitrogen and oxygen atoms in total. The lowest BCUT2D eigenvalue weighted by Gasteiger charge is -2.29. The van der Waals surface area contributed by atoms with E-state index in [9.17, 15) is 4.79 Å². The average molecular weight is 322 g/mol. The molecule has 1 N–H and O–H groups in total. The van der Waals surface area contributed by atoms with Gasteiger partial charge in [-0.3, -0.25) is 4.79 Å². The first-order chi connectivity index (χ1) is 10.5. The zero-order valence-corrected chi connectivity index (χ0v) is 14.0. The van der Waals surface area contributed by atoms with Crippen LogP contribution in [0.3, 0.4) is 0 Å². The van der Waals surface area contributed by atoms with Gasteiger partial charge in [0.15, 0.2) is 6.10 Å². The molecule has 3 rings (SSSR count). The molecule has 2 saturated carbocycles. The smallest absolute Gasteiger partial charge is 0.260 e. The van der Waals surface area contributed by atoms with Gasteiger partial charge in [0, 0.05) is 11.1 Å². The monoisotopic (exact) mass is 321 g/mol. The van der Waals surface area contributed by atoms with Crippen molar-refractivity contribution in [3.63, 3.8) is 0 Å². The summed E-state index contributed by atoms with van der Waals surface area (Å²) in [7, 11) is 0. The van der Waals surface area contributed by atoms with Gasteiger partial charge in [0.25, 0.3) is 5.91 Å². The maximum absolute atomic E-state index is 12.3. The second-order valence-corrected chi connectivity index (χ2v) is 7.29. The fourth-order valence-electron chi connectivity index (χ4n) is 4.13. The molecule has 0 heterocycles. The number of carbonyl (C=O) groups excluding carboxylic acids is 1. The number of carbonyl (C=O) groups is 1. The molecule has 1 aromatic rings. The predicted octanol–water partition coefficient (Wildman–Crippen LogP) is 4.05. The van der Waals surface area contributed by atoms with Crippen molar-refractivity contribution in [2.45, 2.75) is 51.7 Å². The largest absolute Gasteiger partial charge is 0.481 e. The van der Waals surface area contributed by atoms with Gasteiger partial charge in [-0.25, -0.2) is 0 Å². The summed E-state index contributed by atoms with van der Waals surface area (Å²) in [6.45, 7) is 3.93. The number of amides is 1. The van der Waals surface area contributed by atoms with Crippen LogP contribution in [-0.2, 0) is 4.79 Å². The lowest BCUT2D eigenvalue weighted by atomic mass is 9.84. The molecule has 0 aromatic heterocycles. The van der Waals surface area contributed by atoms with Gasteiger partial charge >= 0.3 is 0 Å². The Labute approximate surface area is 137 Å². The van der Waals surface area contributed by atoms with Crippen LogP contribution in [0.5, 0.6) is 5.75 Å². The summed E-state index contributed by atoms with van der Waals surface area (Å²) in [5.74, 6) is 2.99. The van der Waals surface area contributed by atoms with E-state index in [1.165, 1.54) is 25.7 Å². The Morgan fingerprint density at radius 3 is 2.55 bits per heavy atom. The van der Waals surface area contributed by atoms with E-state index in [0.29, 0.717) is 16.7 Å². The number of fused-ring (bicyclic) bond motifs is 2. The van der Waals surface area contributed by atoms with Crippen LogP contribution >= 0.6 is 11.6 Å². The SMILES string of the molecule is CC(Oc1ccc(Cl)cc1)C(=O)NC(C)C1CC2CCC1C2. The van der Waals surface area contributed by atoms with Crippen molar-refractivity contribution in [2.75, 3.05) is 0 Å². The molecule has 2 aliphatic carbocycles. The Kier molecular flexibility index (Phi) is 4.62. The maximum atomic E-state index is 12.3. The van der Waals surface area contributed by atoms with E-state index in [0.717, 1.165) is 11.8 Å². The molecule has 5 unspecified atom stereocenters. The molecule has 22 heavy (non-hydrogen) atoms. The lowest BCUT2D eigenvalue weighted by Crippen LogP contribution is -2.45. The van der Waals surface area contributed by atoms with E-state index >= 15 is 0 Å². The van der Waals surface area contributed by atoms with Crippen LogP contribution in [0.4, 0.5) is 0 Å². The van der Waals surface area contributed by atoms with Gasteiger partial charge in [-0.15, -0.1) is 0 Å². The Hall–Kier alpha value is -1.22. The molecule has 5 atom stereocenters. The summed E-state index contributed by atoms with van der Waals surface area (Å²) in [4.78, 5) is 12.3. The Morgan fingerprint density at radius 2 is 1.95 bits per heavy atom. The minimum atomic E-state index is -0.498. The van der Waals surface area contributed by atoms with Gasteiger partial charge in [-0.05, 0) is 75.1 Å². The molecule has 2 bridgehead atoms. The highest BCUT2D eigenvalue weighted by molar-refractivity contribution is 6.30. The minimum absolute atomic E-state index is 0.0368. The zero-order valence-electron chi connectivity index (χ0n) is 13.2. The molecule has 1 aromatic carbocycles. The van der Waals surface area contributed by atoms with Crippen molar-refractivity contribution in [2.24, 2.45) is 17.8 Å². The molecule has 0 saturated heterocycles. The van der Waals surface area contributed by atoms with Gasteiger partial charge in [0.05, 0.1) is 0 Å². The molecule has 0 spiro atoms. The Balaban J connectivity index is 1.51. The zero-order chi connectivity index (χ0) is 15.7. The van der Waals surface area contributed by atoms with Gasteiger partial charge in [-0.1, -0.05) is 18.0 Å². The van der Waals surface area contributed by atoms with Gasteiger partial charge in [0.1, 0.15) is 5.75 Å². The number of hydrogen-bond donors (Lipinski definition) is 1. The van der Waals surface area contributed by atoms with Crippen molar-refractivity contribution in [1.82, 2.24) is 5.32 Å². The Morgan fingerprint density at radius 1 is 1.23 bits per heavy atom. The van der Waals surface area contributed by atoms with Gasteiger partial charge in [0.2, 0.25) is 0 Å². The third kappa shape index (κ3) is 3.40. The maximum Gasteiger partial charge on any atom is 0.260 e. The van der Waals surface area contributed by atoms with Crippen molar-refractivity contribution in [3.8, 4) is 5.75 Å². The third-order valence-electron chi connectivity index (χ3n) is 5.30. The summed E-state index contributed by atoms with van der Waals surface area (Å²) in [5, 5.41) is 3.81. The standard InChI is InChI=1S/C18H24ClNO2/c1-11(17-10-13-3-4-14(17)9-13)20-18(21)12(2)22-16-7-5-15(19)6-8-16/h5-8,11-14,17H,3-4,9-10H2,1-2H3,(H,20,21). The van der Waals surface area contributed by atoms with Gasteiger partial charge < -0.3 is 10.1 Å². The minimum Gasteiger partial charge on any atom is -0.481 e. The van der Waals surface area contributed by atoms with E-state index in [1.807, 2.05) is 0 Å². The highest BCUT2D eigenvalue weighted by atomic mass is 35.5. The summed E-state index contributed by atoms with van der Waals surface area (Å²) < 4.78 is 5.69. The van der Waals surface area contributed by atoms with Crippen LogP contribution in [0.2, 0.25) is 5.02 Å². The number of halogens is 1. The van der Waals surface area contributed by atoms with Crippen molar-refractivity contribution in [3.05, 3.63) is 29.3 Å². The first-order valence-corrected chi connectivity index (χ1v) is 8.63. The fraction of sp³-hybridized carbons (Fsp3) is 0.611. The van der Waals surface area contributed by atoms with E-state index in [2.05, 4.69) is 12.2 Å². The van der Waals surface area contributed by atoms with Gasteiger partial charge in [-0.2, -0.15) is 0 Å². The van der Waals surface area contributed by atoms with Crippen LogP contribution in [0.1, 0.15) is 39.5 Å². The normalized spacial score (nSPS) is 29.1. The van der Waals surface area contributed by atoms with Crippen LogP contribution in [0, 0.1) is 17.8 Å². The molecule has 4 heteroatoms. The van der Waals surface area contributed by atoms with Crippen LogP contribution in [-0.4, -0.2) is 18.1 Å². The number of rotatable bonds is 5. The molecule has 2 fully saturated rings. The second-order valence-electron chi connectivity index (χ2n) is 6.85. The van der Waals surface area contributed by atoms with Crippen LogP contribution in [0.15, 0.2) is 24.3 Å². The molecule has 120 valence electrons. The highest BCUT2D eigenvalue weighted by Gasteiger charge is 2.42. The third-order valence-corrected chi connectivity index (χ3v) is 5.55. The quantitative estimate of drug-likeness (QED) is 0.888. The molecular weight excluding hydrogens is 298 g/mol. The van der Waals surface area contributed by atoms with E-state index in [1.54, 1.807) is 31.2 Å². The van der Waals surface area contributed by atoms with Crippen LogP contribution in [0.25, 0.3) is 0 Å². The summed E-state index contributed by atoms with van der Waals surface area (Å²) in [6, 6.07) is 7.33. The first kappa shape index (κ1) is 15.7. The summed E-state index contributed by atoms with van der Waals surface area (Å²) in [6.07, 6.45) is 4.87. The summed E-state index contributed by atoms with van der Waals surface area (Å²) >= 11 is 5.85. The predicted molar refractivity (Wildman–Crippen MR) is 88.1 cm³/mol. The number of benzene rings is 1.